The molecule has 0 atom stereocenters. The SMILES string of the molecule is CCOC(CNCC(=O)NC(C)C)OCC. The first kappa shape index (κ1) is 15.3. The van der Waals surface area contributed by atoms with E-state index in [2.05, 4.69) is 10.6 Å². The minimum absolute atomic E-state index is 0.0123. The van der Waals surface area contributed by atoms with Crippen LogP contribution in [0.4, 0.5) is 0 Å². The number of carbonyl (C=O) groups excluding carboxylic acids is 1. The predicted octanol–water partition coefficient (Wildman–Crippen LogP) is 0.500. The van der Waals surface area contributed by atoms with Crippen molar-refractivity contribution >= 4 is 5.91 Å². The fourth-order valence-corrected chi connectivity index (χ4v) is 1.21. The van der Waals surface area contributed by atoms with Crippen LogP contribution >= 0.6 is 0 Å². The zero-order chi connectivity index (χ0) is 12.4. The van der Waals surface area contributed by atoms with Crippen molar-refractivity contribution in [1.29, 1.82) is 0 Å². The van der Waals surface area contributed by atoms with Gasteiger partial charge in [0.2, 0.25) is 5.91 Å². The normalized spacial score (nSPS) is 11.1. The molecule has 1 amide bonds. The van der Waals surface area contributed by atoms with Crippen LogP contribution < -0.4 is 10.6 Å². The second kappa shape index (κ2) is 9.57. The van der Waals surface area contributed by atoms with Gasteiger partial charge in [0.25, 0.3) is 0 Å². The monoisotopic (exact) mass is 232 g/mol. The molecular formula is C11H24N2O3. The van der Waals surface area contributed by atoms with Crippen molar-refractivity contribution in [3.8, 4) is 0 Å². The lowest BCUT2D eigenvalue weighted by Crippen LogP contribution is -2.41. The molecule has 0 aromatic rings. The Morgan fingerprint density at radius 2 is 1.75 bits per heavy atom. The molecule has 0 bridgehead atoms. The van der Waals surface area contributed by atoms with Crippen molar-refractivity contribution in [2.24, 2.45) is 0 Å². The maximum atomic E-state index is 11.3. The molecule has 0 heterocycles. The maximum Gasteiger partial charge on any atom is 0.234 e. The van der Waals surface area contributed by atoms with Gasteiger partial charge in [0.1, 0.15) is 0 Å². The molecule has 16 heavy (non-hydrogen) atoms. The number of carbonyl (C=O) groups is 1. The number of nitrogens with one attached hydrogen (secondary N) is 2. The van der Waals surface area contributed by atoms with E-state index in [4.69, 9.17) is 9.47 Å². The first-order chi connectivity index (χ1) is 7.60. The lowest BCUT2D eigenvalue weighted by atomic mass is 10.4. The van der Waals surface area contributed by atoms with Crippen LogP contribution in [-0.4, -0.2) is 44.5 Å². The summed E-state index contributed by atoms with van der Waals surface area (Å²) in [7, 11) is 0. The molecule has 5 heteroatoms. The lowest BCUT2D eigenvalue weighted by Gasteiger charge is -2.17. The summed E-state index contributed by atoms with van der Waals surface area (Å²) in [5, 5.41) is 5.80. The fraction of sp³-hybridized carbons (Fsp3) is 0.909. The summed E-state index contributed by atoms with van der Waals surface area (Å²) < 4.78 is 10.7. The van der Waals surface area contributed by atoms with Gasteiger partial charge in [0.05, 0.1) is 6.54 Å². The average molecular weight is 232 g/mol. The molecule has 0 aromatic carbocycles. The van der Waals surface area contributed by atoms with Crippen molar-refractivity contribution in [1.82, 2.24) is 10.6 Å². The zero-order valence-electron chi connectivity index (χ0n) is 10.7. The summed E-state index contributed by atoms with van der Waals surface area (Å²) in [6, 6.07) is 0.170. The van der Waals surface area contributed by atoms with Crippen molar-refractivity contribution in [2.75, 3.05) is 26.3 Å². The molecule has 0 rings (SSSR count). The molecular weight excluding hydrogens is 208 g/mol. The van der Waals surface area contributed by atoms with E-state index in [1.54, 1.807) is 0 Å². The van der Waals surface area contributed by atoms with Crippen molar-refractivity contribution in [2.45, 2.75) is 40.0 Å². The van der Waals surface area contributed by atoms with E-state index in [9.17, 15) is 4.79 Å². The molecule has 0 saturated carbocycles. The maximum absolute atomic E-state index is 11.3. The highest BCUT2D eigenvalue weighted by Crippen LogP contribution is 1.92. The molecule has 0 spiro atoms. The smallest absolute Gasteiger partial charge is 0.234 e. The van der Waals surface area contributed by atoms with E-state index in [0.717, 1.165) is 0 Å². The summed E-state index contributed by atoms with van der Waals surface area (Å²) in [5.74, 6) is -0.0123. The van der Waals surface area contributed by atoms with Crippen LogP contribution in [0.15, 0.2) is 0 Å². The number of rotatable bonds is 9. The van der Waals surface area contributed by atoms with Crippen molar-refractivity contribution in [3.63, 3.8) is 0 Å². The van der Waals surface area contributed by atoms with E-state index in [1.165, 1.54) is 0 Å². The highest BCUT2D eigenvalue weighted by molar-refractivity contribution is 5.78. The van der Waals surface area contributed by atoms with Gasteiger partial charge in [-0.25, -0.2) is 0 Å². The average Bonchev–Trinajstić information content (AvgIpc) is 2.17. The van der Waals surface area contributed by atoms with Crippen LogP contribution in [0, 0.1) is 0 Å². The van der Waals surface area contributed by atoms with Crippen LogP contribution in [0.3, 0.4) is 0 Å². The third-order valence-corrected chi connectivity index (χ3v) is 1.75. The Labute approximate surface area is 97.9 Å². The van der Waals surface area contributed by atoms with Gasteiger partial charge in [-0.3, -0.25) is 4.79 Å². The van der Waals surface area contributed by atoms with Crippen LogP contribution in [0.2, 0.25) is 0 Å². The quantitative estimate of drug-likeness (QED) is 0.568. The second-order valence-electron chi connectivity index (χ2n) is 3.69. The van der Waals surface area contributed by atoms with E-state index >= 15 is 0 Å². The van der Waals surface area contributed by atoms with Crippen LogP contribution in [0.25, 0.3) is 0 Å². The highest BCUT2D eigenvalue weighted by Gasteiger charge is 2.08. The number of amides is 1. The molecule has 0 aliphatic rings. The van der Waals surface area contributed by atoms with Crippen LogP contribution in [0.5, 0.6) is 0 Å². The Morgan fingerprint density at radius 3 is 2.19 bits per heavy atom. The number of hydrogen-bond donors (Lipinski definition) is 2. The fourth-order valence-electron chi connectivity index (χ4n) is 1.21. The van der Waals surface area contributed by atoms with Gasteiger partial charge in [-0.15, -0.1) is 0 Å². The van der Waals surface area contributed by atoms with Gasteiger partial charge < -0.3 is 20.1 Å². The molecule has 2 N–H and O–H groups in total. The Hall–Kier alpha value is -0.650. The molecule has 5 nitrogen and oxygen atoms in total. The van der Waals surface area contributed by atoms with Gasteiger partial charge in [-0.2, -0.15) is 0 Å². The van der Waals surface area contributed by atoms with E-state index in [1.807, 2.05) is 27.7 Å². The number of hydrogen-bond acceptors (Lipinski definition) is 4. The van der Waals surface area contributed by atoms with Gasteiger partial charge in [-0.05, 0) is 27.7 Å². The Kier molecular flexibility index (Phi) is 9.18. The summed E-state index contributed by atoms with van der Waals surface area (Å²) >= 11 is 0. The van der Waals surface area contributed by atoms with E-state index in [0.29, 0.717) is 19.8 Å². The van der Waals surface area contributed by atoms with Gasteiger partial charge in [-0.1, -0.05) is 0 Å². The standard InChI is InChI=1S/C11H24N2O3/c1-5-15-11(16-6-2)8-12-7-10(14)13-9(3)4/h9,11-12H,5-8H2,1-4H3,(H,13,14). The summed E-state index contributed by atoms with van der Waals surface area (Å²) in [6.07, 6.45) is -0.276. The van der Waals surface area contributed by atoms with Gasteiger partial charge >= 0.3 is 0 Å². The molecule has 0 unspecified atom stereocenters. The molecule has 0 aliphatic carbocycles. The van der Waals surface area contributed by atoms with Crippen molar-refractivity contribution in [3.05, 3.63) is 0 Å². The first-order valence-corrected chi connectivity index (χ1v) is 5.83. The first-order valence-electron chi connectivity index (χ1n) is 5.83. The lowest BCUT2D eigenvalue weighted by molar-refractivity contribution is -0.134. The minimum Gasteiger partial charge on any atom is -0.353 e. The summed E-state index contributed by atoms with van der Waals surface area (Å²) in [4.78, 5) is 11.3. The molecule has 96 valence electrons. The highest BCUT2D eigenvalue weighted by atomic mass is 16.7. The third-order valence-electron chi connectivity index (χ3n) is 1.75. The van der Waals surface area contributed by atoms with Crippen molar-refractivity contribution < 1.29 is 14.3 Å². The van der Waals surface area contributed by atoms with Crippen LogP contribution in [0.1, 0.15) is 27.7 Å². The molecule has 0 radical (unpaired) electrons. The topological polar surface area (TPSA) is 59.6 Å². The third kappa shape index (κ3) is 8.64. The second-order valence-corrected chi connectivity index (χ2v) is 3.69. The minimum atomic E-state index is -0.276. The molecule has 0 aromatic heterocycles. The summed E-state index contributed by atoms with van der Waals surface area (Å²) in [5.41, 5.74) is 0. The Morgan fingerprint density at radius 1 is 1.19 bits per heavy atom. The molecule has 0 saturated heterocycles. The largest absolute Gasteiger partial charge is 0.353 e. The van der Waals surface area contributed by atoms with E-state index < -0.39 is 0 Å². The van der Waals surface area contributed by atoms with Gasteiger partial charge in [0.15, 0.2) is 6.29 Å². The summed E-state index contributed by atoms with van der Waals surface area (Å²) in [6.45, 7) is 9.70. The Bertz CT molecular complexity index is 180. The number of ether oxygens (including phenoxy) is 2. The van der Waals surface area contributed by atoms with Crippen LogP contribution in [-0.2, 0) is 14.3 Å². The molecule has 0 fully saturated rings. The predicted molar refractivity (Wildman–Crippen MR) is 63.2 cm³/mol. The van der Waals surface area contributed by atoms with E-state index in [-0.39, 0.29) is 24.8 Å². The van der Waals surface area contributed by atoms with Gasteiger partial charge in [0, 0.05) is 25.8 Å². The Balaban J connectivity index is 3.63. The molecule has 0 aliphatic heterocycles. The zero-order valence-corrected chi connectivity index (χ0v) is 10.7.